The SMILES string of the molecule is O=C(O)C1CNCCN1CC(Cl)=CCl. The van der Waals surface area contributed by atoms with E-state index in [0.29, 0.717) is 24.7 Å². The lowest BCUT2D eigenvalue weighted by atomic mass is 10.2. The zero-order valence-electron chi connectivity index (χ0n) is 7.54. The molecule has 1 aliphatic heterocycles. The molecule has 0 aliphatic carbocycles. The van der Waals surface area contributed by atoms with Gasteiger partial charge in [-0.15, -0.1) is 0 Å². The standard InChI is InChI=1S/C8H12Cl2N2O2/c9-3-6(10)5-12-2-1-11-4-7(12)8(13)14/h3,7,11H,1-2,4-5H2,(H,13,14). The Morgan fingerprint density at radius 1 is 1.71 bits per heavy atom. The van der Waals surface area contributed by atoms with Crippen LogP contribution in [0.4, 0.5) is 0 Å². The van der Waals surface area contributed by atoms with Crippen LogP contribution in [-0.4, -0.2) is 48.2 Å². The molecule has 0 spiro atoms. The molecule has 14 heavy (non-hydrogen) atoms. The van der Waals surface area contributed by atoms with Gasteiger partial charge in [0.05, 0.1) is 0 Å². The third kappa shape index (κ3) is 3.13. The van der Waals surface area contributed by atoms with E-state index in [-0.39, 0.29) is 0 Å². The van der Waals surface area contributed by atoms with E-state index in [1.165, 1.54) is 5.54 Å². The normalized spacial score (nSPS) is 25.0. The number of hydrogen-bond acceptors (Lipinski definition) is 3. The first-order valence-electron chi connectivity index (χ1n) is 4.27. The molecule has 6 heteroatoms. The molecule has 1 saturated heterocycles. The Hall–Kier alpha value is -0.290. The lowest BCUT2D eigenvalue weighted by Gasteiger charge is -2.32. The molecule has 1 heterocycles. The monoisotopic (exact) mass is 238 g/mol. The number of carbonyl (C=O) groups is 1. The van der Waals surface area contributed by atoms with Gasteiger partial charge in [0.1, 0.15) is 6.04 Å². The van der Waals surface area contributed by atoms with Gasteiger partial charge in [-0.3, -0.25) is 9.69 Å². The molecule has 80 valence electrons. The van der Waals surface area contributed by atoms with Crippen molar-refractivity contribution >= 4 is 29.2 Å². The average Bonchev–Trinajstić information content (AvgIpc) is 2.18. The summed E-state index contributed by atoms with van der Waals surface area (Å²) >= 11 is 11.2. The highest BCUT2D eigenvalue weighted by atomic mass is 35.5. The molecule has 1 aliphatic rings. The molecule has 2 N–H and O–H groups in total. The van der Waals surface area contributed by atoms with Crippen molar-refractivity contribution in [1.29, 1.82) is 0 Å². The van der Waals surface area contributed by atoms with Crippen molar-refractivity contribution in [3.63, 3.8) is 0 Å². The first kappa shape index (κ1) is 11.8. The van der Waals surface area contributed by atoms with Crippen LogP contribution >= 0.6 is 23.2 Å². The van der Waals surface area contributed by atoms with Gasteiger partial charge in [-0.05, 0) is 0 Å². The first-order valence-corrected chi connectivity index (χ1v) is 5.09. The molecule has 0 radical (unpaired) electrons. The molecule has 1 atom stereocenters. The van der Waals surface area contributed by atoms with E-state index in [0.717, 1.165) is 6.54 Å². The number of nitrogens with one attached hydrogen (secondary N) is 1. The number of rotatable bonds is 3. The maximum Gasteiger partial charge on any atom is 0.322 e. The van der Waals surface area contributed by atoms with Crippen molar-refractivity contribution in [2.24, 2.45) is 0 Å². The molecule has 0 saturated carbocycles. The Labute approximate surface area is 92.5 Å². The van der Waals surface area contributed by atoms with Crippen LogP contribution < -0.4 is 5.32 Å². The second-order valence-corrected chi connectivity index (χ2v) is 3.79. The minimum atomic E-state index is -0.837. The first-order chi connectivity index (χ1) is 6.65. The van der Waals surface area contributed by atoms with Gasteiger partial charge in [-0.1, -0.05) is 23.2 Å². The summed E-state index contributed by atoms with van der Waals surface area (Å²) in [6.07, 6.45) is 0. The van der Waals surface area contributed by atoms with E-state index in [9.17, 15) is 4.79 Å². The second kappa shape index (κ2) is 5.56. The van der Waals surface area contributed by atoms with Gasteiger partial charge in [-0.25, -0.2) is 0 Å². The highest BCUT2D eigenvalue weighted by Gasteiger charge is 2.28. The fraction of sp³-hybridized carbons (Fsp3) is 0.625. The van der Waals surface area contributed by atoms with Crippen molar-refractivity contribution in [1.82, 2.24) is 10.2 Å². The van der Waals surface area contributed by atoms with Gasteiger partial charge >= 0.3 is 5.97 Å². The van der Waals surface area contributed by atoms with Gasteiger partial charge in [0.2, 0.25) is 0 Å². The molecule has 0 aromatic carbocycles. The van der Waals surface area contributed by atoms with E-state index < -0.39 is 12.0 Å². The summed E-state index contributed by atoms with van der Waals surface area (Å²) in [4.78, 5) is 12.6. The number of carboxylic acids is 1. The Morgan fingerprint density at radius 2 is 2.43 bits per heavy atom. The Bertz CT molecular complexity index is 245. The van der Waals surface area contributed by atoms with E-state index >= 15 is 0 Å². The molecular formula is C8H12Cl2N2O2. The van der Waals surface area contributed by atoms with Gasteiger partial charge in [0.25, 0.3) is 0 Å². The van der Waals surface area contributed by atoms with Gasteiger partial charge in [0.15, 0.2) is 0 Å². The van der Waals surface area contributed by atoms with E-state index in [4.69, 9.17) is 28.3 Å². The summed E-state index contributed by atoms with van der Waals surface area (Å²) in [6, 6.07) is -0.519. The zero-order chi connectivity index (χ0) is 10.6. The minimum Gasteiger partial charge on any atom is -0.480 e. The number of nitrogens with zero attached hydrogens (tertiary/aromatic N) is 1. The van der Waals surface area contributed by atoms with Crippen molar-refractivity contribution in [3.05, 3.63) is 10.6 Å². The molecule has 0 aromatic rings. The van der Waals surface area contributed by atoms with Crippen LogP contribution in [0.3, 0.4) is 0 Å². The third-order valence-electron chi connectivity index (χ3n) is 2.11. The lowest BCUT2D eigenvalue weighted by Crippen LogP contribution is -2.55. The highest BCUT2D eigenvalue weighted by molar-refractivity contribution is 6.36. The minimum absolute atomic E-state index is 0.393. The van der Waals surface area contributed by atoms with Crippen molar-refractivity contribution < 1.29 is 9.90 Å². The molecular weight excluding hydrogens is 227 g/mol. The summed E-state index contributed by atoms with van der Waals surface area (Å²) in [5.41, 5.74) is 1.27. The smallest absolute Gasteiger partial charge is 0.322 e. The summed E-state index contributed by atoms with van der Waals surface area (Å²) in [7, 11) is 0. The topological polar surface area (TPSA) is 52.6 Å². The van der Waals surface area contributed by atoms with Gasteiger partial charge in [-0.2, -0.15) is 0 Å². The number of carboxylic acid groups (broad SMARTS) is 1. The van der Waals surface area contributed by atoms with Gasteiger partial charge < -0.3 is 10.4 Å². The largest absolute Gasteiger partial charge is 0.480 e. The number of hydrogen-bond donors (Lipinski definition) is 2. The number of aliphatic carboxylic acids is 1. The van der Waals surface area contributed by atoms with Crippen molar-refractivity contribution in [2.45, 2.75) is 6.04 Å². The summed E-state index contributed by atoms with van der Waals surface area (Å²) in [6.45, 7) is 2.28. The van der Waals surface area contributed by atoms with Crippen molar-refractivity contribution in [3.8, 4) is 0 Å². The maximum atomic E-state index is 10.9. The van der Waals surface area contributed by atoms with Crippen molar-refractivity contribution in [2.75, 3.05) is 26.2 Å². The third-order valence-corrected chi connectivity index (χ3v) is 2.72. The lowest BCUT2D eigenvalue weighted by molar-refractivity contribution is -0.143. The van der Waals surface area contributed by atoms with Crippen LogP contribution in [0.25, 0.3) is 0 Å². The second-order valence-electron chi connectivity index (χ2n) is 3.08. The molecule has 1 unspecified atom stereocenters. The quantitative estimate of drug-likeness (QED) is 0.759. The predicted molar refractivity (Wildman–Crippen MR) is 55.7 cm³/mol. The average molecular weight is 239 g/mol. The Kier molecular flexibility index (Phi) is 4.68. The Balaban J connectivity index is 2.58. The summed E-state index contributed by atoms with van der Waals surface area (Å²) in [5.74, 6) is -0.837. The summed E-state index contributed by atoms with van der Waals surface area (Å²) in [5, 5.41) is 12.4. The molecule has 0 aromatic heterocycles. The molecule has 0 amide bonds. The molecule has 1 fully saturated rings. The number of piperazine rings is 1. The van der Waals surface area contributed by atoms with Crippen LogP contribution in [0.1, 0.15) is 0 Å². The van der Waals surface area contributed by atoms with Crippen LogP contribution in [-0.2, 0) is 4.79 Å². The van der Waals surface area contributed by atoms with Crippen LogP contribution in [0, 0.1) is 0 Å². The fourth-order valence-electron chi connectivity index (χ4n) is 1.41. The number of halogens is 2. The highest BCUT2D eigenvalue weighted by Crippen LogP contribution is 2.11. The zero-order valence-corrected chi connectivity index (χ0v) is 9.05. The molecule has 4 nitrogen and oxygen atoms in total. The maximum absolute atomic E-state index is 10.9. The van der Waals surface area contributed by atoms with E-state index in [1.54, 1.807) is 4.90 Å². The Morgan fingerprint density at radius 3 is 3.00 bits per heavy atom. The predicted octanol–water partition coefficient (Wildman–Crippen LogP) is 0.664. The van der Waals surface area contributed by atoms with Crippen LogP contribution in [0.15, 0.2) is 10.6 Å². The van der Waals surface area contributed by atoms with Crippen LogP contribution in [0.2, 0.25) is 0 Å². The molecule has 1 rings (SSSR count). The van der Waals surface area contributed by atoms with Gasteiger partial charge in [0, 0.05) is 36.7 Å². The van der Waals surface area contributed by atoms with Crippen LogP contribution in [0.5, 0.6) is 0 Å². The van der Waals surface area contributed by atoms with E-state index in [2.05, 4.69) is 5.32 Å². The fourth-order valence-corrected chi connectivity index (χ4v) is 1.63. The van der Waals surface area contributed by atoms with E-state index in [1.807, 2.05) is 0 Å². The molecule has 0 bridgehead atoms. The summed E-state index contributed by atoms with van der Waals surface area (Å²) < 4.78 is 0.